The third-order valence-electron chi connectivity index (χ3n) is 4.16. The second-order valence-electron chi connectivity index (χ2n) is 5.42. The molecule has 1 radical (unpaired) electrons. The van der Waals surface area contributed by atoms with Gasteiger partial charge in [-0.2, -0.15) is 0 Å². The molecule has 1 aromatic carbocycles. The van der Waals surface area contributed by atoms with E-state index in [0.717, 1.165) is 6.42 Å². The standard InChI is InChI=1S/C18H27/c1-6-7-8-9-10-11-12-18-13-14(2)15(3)16(4)17(18)5/h1,6,13H,7-12H2,2-5H3. The molecule has 1 aromatic rings. The molecule has 18 heavy (non-hydrogen) atoms. The Bertz CT molecular complexity index is 399. The maximum absolute atomic E-state index is 5.38. The zero-order chi connectivity index (χ0) is 13.5. The molecule has 0 N–H and O–H groups in total. The minimum Gasteiger partial charge on any atom is -0.0845 e. The first-order chi connectivity index (χ1) is 8.57. The predicted octanol–water partition coefficient (Wildman–Crippen LogP) is 5.40. The third kappa shape index (κ3) is 4.01. The van der Waals surface area contributed by atoms with Crippen LogP contribution in [0.25, 0.3) is 0 Å². The van der Waals surface area contributed by atoms with Crippen molar-refractivity contribution in [2.24, 2.45) is 0 Å². The maximum Gasteiger partial charge on any atom is -0.0276 e. The summed E-state index contributed by atoms with van der Waals surface area (Å²) in [5.74, 6) is 0. The number of hydrogen-bond acceptors (Lipinski definition) is 0. The second-order valence-corrected chi connectivity index (χ2v) is 5.42. The highest BCUT2D eigenvalue weighted by Gasteiger charge is 2.06. The molecule has 1 rings (SSSR count). The molecule has 0 amide bonds. The van der Waals surface area contributed by atoms with Gasteiger partial charge in [-0.1, -0.05) is 31.6 Å². The molecule has 0 heterocycles. The monoisotopic (exact) mass is 243 g/mol. The average molecular weight is 243 g/mol. The van der Waals surface area contributed by atoms with Gasteiger partial charge >= 0.3 is 0 Å². The lowest BCUT2D eigenvalue weighted by atomic mass is 9.92. The van der Waals surface area contributed by atoms with Gasteiger partial charge in [-0.25, -0.2) is 0 Å². The van der Waals surface area contributed by atoms with E-state index in [0.29, 0.717) is 0 Å². The molecule has 0 saturated heterocycles. The van der Waals surface area contributed by atoms with Gasteiger partial charge in [0.25, 0.3) is 0 Å². The van der Waals surface area contributed by atoms with Gasteiger partial charge in [0, 0.05) is 0 Å². The largest absolute Gasteiger partial charge is 0.0845 e. The van der Waals surface area contributed by atoms with Crippen LogP contribution in [0.2, 0.25) is 0 Å². The molecule has 0 unspecified atom stereocenters. The SMILES string of the molecule is [CH]=CCCCCCCc1cc(C)c(C)c(C)c1C. The van der Waals surface area contributed by atoms with Crippen LogP contribution >= 0.6 is 0 Å². The van der Waals surface area contributed by atoms with Crippen LogP contribution in [0.15, 0.2) is 12.1 Å². The van der Waals surface area contributed by atoms with Gasteiger partial charge in [-0.05, 0) is 81.2 Å². The summed E-state index contributed by atoms with van der Waals surface area (Å²) < 4.78 is 0. The number of allylic oxidation sites excluding steroid dienone is 1. The number of aryl methyl sites for hydroxylation is 2. The van der Waals surface area contributed by atoms with Gasteiger partial charge in [0.2, 0.25) is 0 Å². The van der Waals surface area contributed by atoms with Gasteiger partial charge in [-0.15, -0.1) is 0 Å². The summed E-state index contributed by atoms with van der Waals surface area (Å²) in [5, 5.41) is 0. The molecule has 0 spiro atoms. The van der Waals surface area contributed by atoms with Crippen molar-refractivity contribution in [3.05, 3.63) is 46.5 Å². The van der Waals surface area contributed by atoms with E-state index < -0.39 is 0 Å². The van der Waals surface area contributed by atoms with E-state index in [2.05, 4.69) is 33.8 Å². The van der Waals surface area contributed by atoms with E-state index in [1.807, 2.05) is 0 Å². The first kappa shape index (κ1) is 15.0. The van der Waals surface area contributed by atoms with E-state index in [-0.39, 0.29) is 0 Å². The second kappa shape index (κ2) is 7.41. The fraction of sp³-hybridized carbons (Fsp3) is 0.556. The first-order valence-electron chi connectivity index (χ1n) is 7.17. The molecule has 99 valence electrons. The van der Waals surface area contributed by atoms with E-state index in [1.165, 1.54) is 54.4 Å². The number of unbranched alkanes of at least 4 members (excludes halogenated alkanes) is 4. The van der Waals surface area contributed by atoms with Crippen LogP contribution in [-0.2, 0) is 6.42 Å². The fourth-order valence-corrected chi connectivity index (χ4v) is 2.49. The van der Waals surface area contributed by atoms with Crippen molar-refractivity contribution >= 4 is 0 Å². The summed E-state index contributed by atoms with van der Waals surface area (Å²) in [6.45, 7) is 14.3. The quantitative estimate of drug-likeness (QED) is 0.562. The van der Waals surface area contributed by atoms with Crippen molar-refractivity contribution in [1.82, 2.24) is 0 Å². The number of hydrogen-bond donors (Lipinski definition) is 0. The first-order valence-corrected chi connectivity index (χ1v) is 7.17. The van der Waals surface area contributed by atoms with Crippen LogP contribution in [0.3, 0.4) is 0 Å². The lowest BCUT2D eigenvalue weighted by Gasteiger charge is -2.14. The van der Waals surface area contributed by atoms with Crippen molar-refractivity contribution in [1.29, 1.82) is 0 Å². The van der Waals surface area contributed by atoms with Gasteiger partial charge in [0.15, 0.2) is 0 Å². The van der Waals surface area contributed by atoms with Crippen LogP contribution in [0, 0.1) is 34.3 Å². The summed E-state index contributed by atoms with van der Waals surface area (Å²) in [4.78, 5) is 0. The summed E-state index contributed by atoms with van der Waals surface area (Å²) in [7, 11) is 0. The van der Waals surface area contributed by atoms with E-state index >= 15 is 0 Å². The molecule has 0 heteroatoms. The summed E-state index contributed by atoms with van der Waals surface area (Å²) >= 11 is 0. The van der Waals surface area contributed by atoms with E-state index in [1.54, 1.807) is 11.6 Å². The highest BCUT2D eigenvalue weighted by atomic mass is 14.1. The molecule has 0 aliphatic heterocycles. The molecule has 0 aromatic heterocycles. The minimum absolute atomic E-state index is 1.06. The Morgan fingerprint density at radius 1 is 0.889 bits per heavy atom. The van der Waals surface area contributed by atoms with Crippen LogP contribution in [0.4, 0.5) is 0 Å². The van der Waals surface area contributed by atoms with E-state index in [9.17, 15) is 0 Å². The Labute approximate surface area is 113 Å². The predicted molar refractivity (Wildman–Crippen MR) is 81.0 cm³/mol. The lowest BCUT2D eigenvalue weighted by molar-refractivity contribution is 0.645. The number of benzene rings is 1. The van der Waals surface area contributed by atoms with Crippen LogP contribution in [0.1, 0.15) is 59.9 Å². The zero-order valence-corrected chi connectivity index (χ0v) is 12.5. The van der Waals surface area contributed by atoms with Crippen LogP contribution < -0.4 is 0 Å². The smallest absolute Gasteiger partial charge is 0.0276 e. The van der Waals surface area contributed by atoms with Gasteiger partial charge < -0.3 is 0 Å². The molecule has 0 nitrogen and oxygen atoms in total. The molecule has 0 aliphatic rings. The Morgan fingerprint density at radius 3 is 2.22 bits per heavy atom. The molecule has 0 atom stereocenters. The number of rotatable bonds is 7. The summed E-state index contributed by atoms with van der Waals surface area (Å²) in [6, 6.07) is 2.38. The highest BCUT2D eigenvalue weighted by Crippen LogP contribution is 2.22. The Hall–Kier alpha value is -1.04. The Kier molecular flexibility index (Phi) is 6.18. The minimum atomic E-state index is 1.06. The van der Waals surface area contributed by atoms with Gasteiger partial charge in [0.05, 0.1) is 0 Å². The van der Waals surface area contributed by atoms with Crippen molar-refractivity contribution in [2.45, 2.75) is 66.2 Å². The molecule has 0 bridgehead atoms. The van der Waals surface area contributed by atoms with Gasteiger partial charge in [-0.3, -0.25) is 0 Å². The van der Waals surface area contributed by atoms with Crippen molar-refractivity contribution in [3.8, 4) is 0 Å². The topological polar surface area (TPSA) is 0 Å². The zero-order valence-electron chi connectivity index (χ0n) is 12.5. The molecule has 0 fully saturated rings. The molecule has 0 saturated carbocycles. The maximum atomic E-state index is 5.38. The van der Waals surface area contributed by atoms with Crippen molar-refractivity contribution in [2.75, 3.05) is 0 Å². The Balaban J connectivity index is 2.50. The third-order valence-corrected chi connectivity index (χ3v) is 4.16. The highest BCUT2D eigenvalue weighted by molar-refractivity contribution is 5.43. The molecular formula is C18H27. The van der Waals surface area contributed by atoms with Crippen LogP contribution in [0.5, 0.6) is 0 Å². The van der Waals surface area contributed by atoms with Crippen LogP contribution in [-0.4, -0.2) is 0 Å². The normalized spacial score (nSPS) is 10.7. The molecule has 0 aliphatic carbocycles. The van der Waals surface area contributed by atoms with Crippen molar-refractivity contribution < 1.29 is 0 Å². The summed E-state index contributed by atoms with van der Waals surface area (Å²) in [6.07, 6.45) is 9.21. The fourth-order valence-electron chi connectivity index (χ4n) is 2.49. The lowest BCUT2D eigenvalue weighted by Crippen LogP contribution is -1.98. The molecular weight excluding hydrogens is 216 g/mol. The Morgan fingerprint density at radius 2 is 1.56 bits per heavy atom. The summed E-state index contributed by atoms with van der Waals surface area (Å²) in [5.41, 5.74) is 7.40. The van der Waals surface area contributed by atoms with Gasteiger partial charge in [0.1, 0.15) is 0 Å². The van der Waals surface area contributed by atoms with Crippen molar-refractivity contribution in [3.63, 3.8) is 0 Å². The average Bonchev–Trinajstić information content (AvgIpc) is 2.37. The van der Waals surface area contributed by atoms with E-state index in [4.69, 9.17) is 6.58 Å².